The molecule has 0 saturated heterocycles. The van der Waals surface area contributed by atoms with Crippen molar-refractivity contribution in [2.45, 2.75) is 26.4 Å². The Morgan fingerprint density at radius 2 is 2.03 bits per heavy atom. The van der Waals surface area contributed by atoms with Crippen LogP contribution in [0.25, 0.3) is 21.5 Å². The van der Waals surface area contributed by atoms with Gasteiger partial charge in [0.25, 0.3) is 5.56 Å². The first kappa shape index (κ1) is 20.7. The van der Waals surface area contributed by atoms with Crippen molar-refractivity contribution in [2.75, 3.05) is 7.11 Å². The van der Waals surface area contributed by atoms with E-state index in [4.69, 9.17) is 4.74 Å². The Bertz CT molecular complexity index is 1280. The fraction of sp³-hybridized carbons (Fsp3) is 0.227. The minimum atomic E-state index is -0.264. The van der Waals surface area contributed by atoms with E-state index < -0.39 is 0 Å². The predicted octanol–water partition coefficient (Wildman–Crippen LogP) is 2.80. The molecular weight excluding hydrogens is 414 g/mol. The second-order valence-corrected chi connectivity index (χ2v) is 7.62. The van der Waals surface area contributed by atoms with Crippen molar-refractivity contribution in [3.8, 4) is 17.0 Å². The van der Waals surface area contributed by atoms with Crippen LogP contribution in [0.1, 0.15) is 18.3 Å². The maximum atomic E-state index is 13.1. The second-order valence-electron chi connectivity index (χ2n) is 6.85. The van der Waals surface area contributed by atoms with E-state index in [0.717, 1.165) is 28.4 Å². The van der Waals surface area contributed by atoms with Gasteiger partial charge in [0.1, 0.15) is 34.0 Å². The summed E-state index contributed by atoms with van der Waals surface area (Å²) in [5.41, 5.74) is 2.73. The van der Waals surface area contributed by atoms with Crippen molar-refractivity contribution < 1.29 is 9.53 Å². The SMILES string of the molecule is CCc1nc2c(-c3ccncc3)nsc2c(=O)n1CC(=O)NCc1cccc(OC)c1. The summed E-state index contributed by atoms with van der Waals surface area (Å²) in [6.07, 6.45) is 3.87. The number of methoxy groups -OCH3 is 1. The molecule has 0 aliphatic carbocycles. The molecule has 0 atom stereocenters. The Balaban J connectivity index is 1.59. The van der Waals surface area contributed by atoms with Crippen molar-refractivity contribution in [1.29, 1.82) is 0 Å². The maximum absolute atomic E-state index is 13.1. The zero-order chi connectivity index (χ0) is 21.8. The molecule has 4 rings (SSSR count). The van der Waals surface area contributed by atoms with Gasteiger partial charge in [0, 0.05) is 30.9 Å². The number of benzene rings is 1. The summed E-state index contributed by atoms with van der Waals surface area (Å²) in [4.78, 5) is 34.4. The van der Waals surface area contributed by atoms with Gasteiger partial charge in [-0.1, -0.05) is 19.1 Å². The van der Waals surface area contributed by atoms with Crippen molar-refractivity contribution in [3.63, 3.8) is 0 Å². The van der Waals surface area contributed by atoms with Crippen LogP contribution in [-0.2, 0) is 24.3 Å². The van der Waals surface area contributed by atoms with Crippen LogP contribution >= 0.6 is 11.5 Å². The molecule has 1 amide bonds. The van der Waals surface area contributed by atoms with Crippen LogP contribution in [0.4, 0.5) is 0 Å². The van der Waals surface area contributed by atoms with Crippen LogP contribution in [0, 0.1) is 0 Å². The average Bonchev–Trinajstić information content (AvgIpc) is 3.24. The van der Waals surface area contributed by atoms with Crippen LogP contribution in [0.3, 0.4) is 0 Å². The largest absolute Gasteiger partial charge is 0.497 e. The van der Waals surface area contributed by atoms with Crippen LogP contribution < -0.4 is 15.6 Å². The molecule has 0 aliphatic heterocycles. The smallest absolute Gasteiger partial charge is 0.273 e. The Morgan fingerprint density at radius 1 is 1.23 bits per heavy atom. The van der Waals surface area contributed by atoms with Crippen molar-refractivity contribution in [2.24, 2.45) is 0 Å². The van der Waals surface area contributed by atoms with Crippen LogP contribution in [0.15, 0.2) is 53.6 Å². The number of ether oxygens (including phenoxy) is 1. The lowest BCUT2D eigenvalue weighted by Crippen LogP contribution is -2.34. The highest BCUT2D eigenvalue weighted by atomic mass is 32.1. The second kappa shape index (κ2) is 9.05. The highest BCUT2D eigenvalue weighted by Crippen LogP contribution is 2.27. The first-order valence-electron chi connectivity index (χ1n) is 9.79. The molecule has 3 heterocycles. The first-order chi connectivity index (χ1) is 15.1. The minimum Gasteiger partial charge on any atom is -0.497 e. The van der Waals surface area contributed by atoms with Gasteiger partial charge in [0.2, 0.25) is 5.91 Å². The van der Waals surface area contributed by atoms with E-state index in [9.17, 15) is 9.59 Å². The third-order valence-corrected chi connectivity index (χ3v) is 5.68. The number of nitrogens with one attached hydrogen (secondary N) is 1. The highest BCUT2D eigenvalue weighted by molar-refractivity contribution is 7.13. The summed E-state index contributed by atoms with van der Waals surface area (Å²) in [7, 11) is 1.60. The molecule has 0 saturated carbocycles. The standard InChI is InChI=1S/C22H21N5O3S/c1-3-17-25-20-19(15-7-9-23-10-8-15)26-31-21(20)22(29)27(17)13-18(28)24-12-14-5-4-6-16(11-14)30-2/h4-11H,3,12-13H2,1-2H3,(H,24,28). The van der Waals surface area contributed by atoms with Gasteiger partial charge in [-0.05, 0) is 41.4 Å². The van der Waals surface area contributed by atoms with Crippen LogP contribution in [-0.4, -0.2) is 31.9 Å². The normalized spacial score (nSPS) is 10.9. The molecule has 8 nitrogen and oxygen atoms in total. The van der Waals surface area contributed by atoms with E-state index in [1.165, 1.54) is 4.57 Å². The number of aromatic nitrogens is 4. The highest BCUT2D eigenvalue weighted by Gasteiger charge is 2.18. The van der Waals surface area contributed by atoms with Gasteiger partial charge < -0.3 is 10.1 Å². The Labute approximate surface area is 182 Å². The van der Waals surface area contributed by atoms with Gasteiger partial charge in [0.05, 0.1) is 7.11 Å². The molecule has 1 N–H and O–H groups in total. The van der Waals surface area contributed by atoms with Gasteiger partial charge in [0.15, 0.2) is 0 Å². The summed E-state index contributed by atoms with van der Waals surface area (Å²) < 4.78 is 11.5. The van der Waals surface area contributed by atoms with E-state index in [1.807, 2.05) is 43.3 Å². The first-order valence-corrected chi connectivity index (χ1v) is 10.6. The van der Waals surface area contributed by atoms with E-state index in [-0.39, 0.29) is 18.0 Å². The van der Waals surface area contributed by atoms with Gasteiger partial charge in [-0.3, -0.25) is 19.1 Å². The third kappa shape index (κ3) is 4.31. The summed E-state index contributed by atoms with van der Waals surface area (Å²) in [6.45, 7) is 2.15. The maximum Gasteiger partial charge on any atom is 0.273 e. The summed E-state index contributed by atoms with van der Waals surface area (Å²) in [5, 5.41) is 2.86. The lowest BCUT2D eigenvalue weighted by molar-refractivity contribution is -0.121. The topological polar surface area (TPSA) is 99.0 Å². The van der Waals surface area contributed by atoms with Crippen LogP contribution in [0.2, 0.25) is 0 Å². The zero-order valence-corrected chi connectivity index (χ0v) is 18.0. The molecule has 0 spiro atoms. The molecule has 1 aromatic carbocycles. The minimum absolute atomic E-state index is 0.0998. The number of fused-ring (bicyclic) bond motifs is 1. The van der Waals surface area contributed by atoms with E-state index >= 15 is 0 Å². The molecule has 0 bridgehead atoms. The molecule has 0 radical (unpaired) electrons. The molecule has 0 aliphatic rings. The van der Waals surface area contributed by atoms with Crippen molar-refractivity contribution >= 4 is 27.7 Å². The quantitative estimate of drug-likeness (QED) is 0.479. The molecule has 4 aromatic rings. The zero-order valence-electron chi connectivity index (χ0n) is 17.2. The van der Waals surface area contributed by atoms with E-state index in [1.54, 1.807) is 19.5 Å². The number of amides is 1. The Kier molecular flexibility index (Phi) is 6.03. The van der Waals surface area contributed by atoms with Gasteiger partial charge in [-0.15, -0.1) is 0 Å². The lowest BCUT2D eigenvalue weighted by Gasteiger charge is -2.12. The molecule has 3 aromatic heterocycles. The number of carbonyl (C=O) groups excluding carboxylic acids is 1. The molecule has 31 heavy (non-hydrogen) atoms. The number of pyridine rings is 1. The number of nitrogens with zero attached hydrogens (tertiary/aromatic N) is 4. The number of hydrogen-bond acceptors (Lipinski definition) is 7. The van der Waals surface area contributed by atoms with Crippen molar-refractivity contribution in [3.05, 3.63) is 70.5 Å². The molecule has 0 unspecified atom stereocenters. The van der Waals surface area contributed by atoms with Gasteiger partial charge >= 0.3 is 0 Å². The number of hydrogen-bond donors (Lipinski definition) is 1. The number of carbonyl (C=O) groups is 1. The van der Waals surface area contributed by atoms with E-state index in [0.29, 0.717) is 34.7 Å². The summed E-state index contributed by atoms with van der Waals surface area (Å²) >= 11 is 1.10. The fourth-order valence-electron chi connectivity index (χ4n) is 3.27. The summed E-state index contributed by atoms with van der Waals surface area (Å²) in [5.74, 6) is 1.00. The van der Waals surface area contributed by atoms with Gasteiger partial charge in [-0.25, -0.2) is 4.98 Å². The Hall–Kier alpha value is -3.59. The molecular formula is C22H21N5O3S. The third-order valence-electron chi connectivity index (χ3n) is 4.85. The van der Waals surface area contributed by atoms with Gasteiger partial charge in [-0.2, -0.15) is 4.37 Å². The molecule has 9 heteroatoms. The number of aryl methyl sites for hydroxylation is 1. The predicted molar refractivity (Wildman–Crippen MR) is 119 cm³/mol. The fourth-order valence-corrected chi connectivity index (χ4v) is 4.06. The number of rotatable bonds is 7. The molecule has 0 fully saturated rings. The Morgan fingerprint density at radius 3 is 2.77 bits per heavy atom. The van der Waals surface area contributed by atoms with Crippen molar-refractivity contribution in [1.82, 2.24) is 24.2 Å². The molecule has 158 valence electrons. The van der Waals surface area contributed by atoms with Crippen LogP contribution in [0.5, 0.6) is 5.75 Å². The lowest BCUT2D eigenvalue weighted by atomic mass is 10.2. The van der Waals surface area contributed by atoms with E-state index in [2.05, 4.69) is 19.7 Å². The average molecular weight is 436 g/mol. The summed E-state index contributed by atoms with van der Waals surface area (Å²) in [6, 6.07) is 11.1. The monoisotopic (exact) mass is 435 g/mol.